The van der Waals surface area contributed by atoms with Gasteiger partial charge in [-0.15, -0.1) is 0 Å². The molecule has 0 aromatic carbocycles. The number of amides is 1. The molecule has 1 amide bonds. The van der Waals surface area contributed by atoms with Crippen LogP contribution in [0.4, 0.5) is 0 Å². The fraction of sp³-hybridized carbons (Fsp3) is 0.925. The monoisotopic (exact) mass is 1590 g/mol. The van der Waals surface area contributed by atoms with Gasteiger partial charge >= 0.3 is 0 Å². The lowest BCUT2D eigenvalue weighted by Gasteiger charge is -2.48. The van der Waals surface area contributed by atoms with Gasteiger partial charge in [-0.05, 0) is 44.9 Å². The Bertz CT molecular complexity index is 2160. The van der Waals surface area contributed by atoms with Crippen molar-refractivity contribution in [1.29, 1.82) is 0 Å². The predicted octanol–water partition coefficient (Wildman–Crippen LogP) is 18.6. The highest BCUT2D eigenvalue weighted by Crippen LogP contribution is 2.34. The van der Waals surface area contributed by atoms with Gasteiger partial charge in [0.15, 0.2) is 18.9 Å². The van der Waals surface area contributed by atoms with Crippen molar-refractivity contribution in [2.45, 2.75) is 523 Å². The lowest BCUT2D eigenvalue weighted by atomic mass is 9.96. The summed E-state index contributed by atoms with van der Waals surface area (Å²) < 4.78 is 34.5. The first-order chi connectivity index (χ1) is 54.8. The molecule has 3 saturated heterocycles. The van der Waals surface area contributed by atoms with Crippen molar-refractivity contribution in [3.05, 3.63) is 36.5 Å². The topological polar surface area (TPSA) is 307 Å². The maximum Gasteiger partial charge on any atom is 0.220 e. The molecule has 0 spiro atoms. The summed E-state index contributed by atoms with van der Waals surface area (Å²) in [4.78, 5) is 13.5. The molecule has 12 N–H and O–H groups in total. The first kappa shape index (κ1) is 104. The molecule has 17 atom stereocenters. The van der Waals surface area contributed by atoms with Gasteiger partial charge in [-0.1, -0.05) is 403 Å². The van der Waals surface area contributed by atoms with Crippen molar-refractivity contribution < 1.29 is 89.4 Å². The molecule has 0 bridgehead atoms. The highest BCUT2D eigenvalue weighted by atomic mass is 16.8. The molecule has 17 unspecified atom stereocenters. The Morgan fingerprint density at radius 1 is 0.312 bits per heavy atom. The third-order valence-corrected chi connectivity index (χ3v) is 23.7. The maximum absolute atomic E-state index is 13.5. The van der Waals surface area contributed by atoms with Crippen LogP contribution in [0.3, 0.4) is 0 Å². The summed E-state index contributed by atoms with van der Waals surface area (Å²) in [7, 11) is 0. The number of rotatable bonds is 78. The van der Waals surface area contributed by atoms with Gasteiger partial charge in [0.1, 0.15) is 73.2 Å². The van der Waals surface area contributed by atoms with Gasteiger partial charge in [-0.2, -0.15) is 0 Å². The van der Waals surface area contributed by atoms with Crippen LogP contribution in [0.2, 0.25) is 0 Å². The van der Waals surface area contributed by atoms with Gasteiger partial charge in [0.05, 0.1) is 38.6 Å². The van der Waals surface area contributed by atoms with E-state index in [4.69, 9.17) is 28.4 Å². The first-order valence-corrected chi connectivity index (χ1v) is 47.2. The molecule has 19 nitrogen and oxygen atoms in total. The molecule has 3 fully saturated rings. The number of unbranched alkanes of at least 4 members (excludes halogenated alkanes) is 58. The molecule has 0 aromatic heterocycles. The van der Waals surface area contributed by atoms with Crippen molar-refractivity contribution >= 4 is 5.91 Å². The van der Waals surface area contributed by atoms with Gasteiger partial charge in [0.25, 0.3) is 0 Å². The number of nitrogens with one attached hydrogen (secondary N) is 1. The number of hydrogen-bond donors (Lipinski definition) is 12. The van der Waals surface area contributed by atoms with Gasteiger partial charge in [-0.25, -0.2) is 0 Å². The second-order valence-corrected chi connectivity index (χ2v) is 33.8. The van der Waals surface area contributed by atoms with Gasteiger partial charge in [0.2, 0.25) is 5.91 Å². The number of aliphatic hydroxyl groups excluding tert-OH is 11. The number of hydrogen-bond acceptors (Lipinski definition) is 18. The van der Waals surface area contributed by atoms with Crippen LogP contribution >= 0.6 is 0 Å². The quantitative estimate of drug-likeness (QED) is 0.0199. The number of ether oxygens (including phenoxy) is 6. The SMILES string of the molecule is CCCCCCCCCCCCCCCCCCCCCCCCC/C=C/CC/C=C/CC/C=C/C(O)C(COC1OC(CO)C(OC2OC(CO)C(OC3OC(CO)C(O)C(O)C3O)C(O)C2O)C(O)C1O)NC(=O)CCCCCCCCCCCCCCCCCCCCCCCCCCCCCCCCCCCC. The number of carbonyl (C=O) groups is 1. The lowest BCUT2D eigenvalue weighted by molar-refractivity contribution is -0.379. The molecular weight excluding hydrogens is 1420 g/mol. The molecule has 3 heterocycles. The average Bonchev–Trinajstić information content (AvgIpc) is 0.781. The Labute approximate surface area is 682 Å². The normalized spacial score (nSPS) is 25.0. The Kier molecular flexibility index (Phi) is 67.9. The minimum Gasteiger partial charge on any atom is -0.394 e. The molecular formula is C93H175NO18. The minimum atomic E-state index is -1.98. The van der Waals surface area contributed by atoms with Crippen molar-refractivity contribution in [2.75, 3.05) is 26.4 Å². The van der Waals surface area contributed by atoms with E-state index in [1.807, 2.05) is 6.08 Å². The zero-order valence-electron chi connectivity index (χ0n) is 71.4. The number of aliphatic hydroxyl groups is 11. The van der Waals surface area contributed by atoms with E-state index in [0.29, 0.717) is 12.8 Å². The molecule has 0 aromatic rings. The Morgan fingerprint density at radius 2 is 0.571 bits per heavy atom. The van der Waals surface area contributed by atoms with Crippen LogP contribution in [-0.2, 0) is 33.2 Å². The van der Waals surface area contributed by atoms with Crippen LogP contribution in [0.15, 0.2) is 36.5 Å². The molecule has 3 aliphatic heterocycles. The van der Waals surface area contributed by atoms with E-state index in [1.165, 1.54) is 340 Å². The third kappa shape index (κ3) is 50.8. The molecule has 0 saturated carbocycles. The summed E-state index contributed by atoms with van der Waals surface area (Å²) in [5, 5.41) is 121. The van der Waals surface area contributed by atoms with Crippen LogP contribution in [0.1, 0.15) is 418 Å². The smallest absolute Gasteiger partial charge is 0.220 e. The summed E-state index contributed by atoms with van der Waals surface area (Å²) in [6.07, 6.45) is 67.6. The largest absolute Gasteiger partial charge is 0.394 e. The van der Waals surface area contributed by atoms with E-state index in [-0.39, 0.29) is 18.9 Å². The Hall–Kier alpha value is -1.99. The van der Waals surface area contributed by atoms with Crippen molar-refractivity contribution in [1.82, 2.24) is 5.32 Å². The lowest BCUT2D eigenvalue weighted by Crippen LogP contribution is -2.66. The van der Waals surface area contributed by atoms with E-state index < -0.39 is 124 Å². The second-order valence-electron chi connectivity index (χ2n) is 33.8. The van der Waals surface area contributed by atoms with Crippen molar-refractivity contribution in [2.24, 2.45) is 0 Å². The highest BCUT2D eigenvalue weighted by molar-refractivity contribution is 5.76. The number of allylic oxidation sites excluding steroid dienone is 5. The molecule has 0 radical (unpaired) electrons. The molecule has 3 aliphatic rings. The van der Waals surface area contributed by atoms with Crippen LogP contribution in [-0.4, -0.2) is 193 Å². The van der Waals surface area contributed by atoms with E-state index in [0.717, 1.165) is 44.9 Å². The van der Waals surface area contributed by atoms with E-state index >= 15 is 0 Å². The summed E-state index contributed by atoms with van der Waals surface area (Å²) in [5.41, 5.74) is 0. The van der Waals surface area contributed by atoms with Gasteiger partial charge in [-0.3, -0.25) is 4.79 Å². The summed E-state index contributed by atoms with van der Waals surface area (Å²) in [5.74, 6) is -0.280. The van der Waals surface area contributed by atoms with Crippen LogP contribution in [0, 0.1) is 0 Å². The molecule has 0 aliphatic carbocycles. The van der Waals surface area contributed by atoms with E-state index in [1.54, 1.807) is 6.08 Å². The molecule has 112 heavy (non-hydrogen) atoms. The van der Waals surface area contributed by atoms with E-state index in [2.05, 4.69) is 43.5 Å². The Morgan fingerprint density at radius 3 is 0.893 bits per heavy atom. The minimum absolute atomic E-state index is 0.237. The predicted molar refractivity (Wildman–Crippen MR) is 453 cm³/mol. The zero-order chi connectivity index (χ0) is 81.0. The Balaban J connectivity index is 1.32. The molecule has 19 heteroatoms. The summed E-state index contributed by atoms with van der Waals surface area (Å²) >= 11 is 0. The molecule has 660 valence electrons. The summed E-state index contributed by atoms with van der Waals surface area (Å²) in [6, 6.07) is -0.997. The van der Waals surface area contributed by atoms with Crippen molar-refractivity contribution in [3.8, 4) is 0 Å². The first-order valence-electron chi connectivity index (χ1n) is 47.2. The fourth-order valence-corrected chi connectivity index (χ4v) is 16.2. The van der Waals surface area contributed by atoms with Crippen LogP contribution in [0.25, 0.3) is 0 Å². The van der Waals surface area contributed by atoms with Gasteiger partial charge in [0, 0.05) is 6.42 Å². The fourth-order valence-electron chi connectivity index (χ4n) is 16.2. The zero-order valence-corrected chi connectivity index (χ0v) is 71.4. The highest BCUT2D eigenvalue weighted by Gasteiger charge is 2.54. The number of carbonyl (C=O) groups excluding carboxylic acids is 1. The van der Waals surface area contributed by atoms with Crippen molar-refractivity contribution in [3.63, 3.8) is 0 Å². The third-order valence-electron chi connectivity index (χ3n) is 23.7. The summed E-state index contributed by atoms with van der Waals surface area (Å²) in [6.45, 7) is 1.79. The second kappa shape index (κ2) is 73.0. The van der Waals surface area contributed by atoms with Crippen LogP contribution in [0.5, 0.6) is 0 Å². The van der Waals surface area contributed by atoms with Gasteiger partial charge < -0.3 is 89.9 Å². The van der Waals surface area contributed by atoms with E-state index in [9.17, 15) is 61.0 Å². The standard InChI is InChI=1S/C93H175NO18/c1-3-5-7-9-11-13-15-17-19-21-23-25-27-29-31-33-35-37-39-41-43-45-47-49-51-53-55-57-59-61-63-65-67-69-71-81(99)94-76(77(98)70-68-66-64-62-60-58-56-54-52-50-48-46-44-42-40-38-36-34-32-30-28-26-24-22-20-18-16-14-12-10-8-6-4-2)75-107-91-87(105)84(102)89(79(73-96)109-91)112-93-88(106)85(103)90(80(74-97)110-93)111-92-86(104)83(101)82(100)78(72-95)108-92/h52,54,60,62,68,70,76-80,82-93,95-98,100-106H,3-51,53,55-59,61,63-67,69,71-75H2,1-2H3,(H,94,99)/b54-52+,62-60+,70-68+. The average molecular weight is 1600 g/mol. The molecule has 3 rings (SSSR count). The maximum atomic E-state index is 13.5. The van der Waals surface area contributed by atoms with Crippen LogP contribution < -0.4 is 5.32 Å².